The van der Waals surface area contributed by atoms with Gasteiger partial charge in [0.1, 0.15) is 0 Å². The van der Waals surface area contributed by atoms with E-state index in [1.54, 1.807) is 15.9 Å². The summed E-state index contributed by atoms with van der Waals surface area (Å²) in [5.41, 5.74) is 2.22. The average molecular weight is 258 g/mol. The largest absolute Gasteiger partial charge is 0.342 e. The second kappa shape index (κ2) is 6.18. The van der Waals surface area contributed by atoms with Crippen LogP contribution in [-0.2, 0) is 9.59 Å². The molecule has 0 radical (unpaired) electrons. The van der Waals surface area contributed by atoms with E-state index < -0.39 is 0 Å². The van der Waals surface area contributed by atoms with Crippen molar-refractivity contribution in [3.05, 3.63) is 41.5 Å². The molecule has 0 aromatic heterocycles. The Bertz CT molecular complexity index is 471. The summed E-state index contributed by atoms with van der Waals surface area (Å²) in [7, 11) is 0. The Kier molecular flexibility index (Phi) is 4.34. The second-order valence-electron chi connectivity index (χ2n) is 4.71. The van der Waals surface area contributed by atoms with E-state index in [1.807, 2.05) is 37.3 Å². The third kappa shape index (κ3) is 3.68. The van der Waals surface area contributed by atoms with Gasteiger partial charge in [0, 0.05) is 32.3 Å². The van der Waals surface area contributed by atoms with Crippen molar-refractivity contribution in [1.82, 2.24) is 9.80 Å². The normalized spacial score (nSPS) is 15.8. The van der Waals surface area contributed by atoms with Crippen LogP contribution in [0.4, 0.5) is 0 Å². The van der Waals surface area contributed by atoms with Crippen molar-refractivity contribution in [2.45, 2.75) is 6.92 Å². The maximum atomic E-state index is 12.0. The second-order valence-corrected chi connectivity index (χ2v) is 4.71. The zero-order valence-corrected chi connectivity index (χ0v) is 11.1. The van der Waals surface area contributed by atoms with Crippen molar-refractivity contribution >= 4 is 18.4 Å². The fourth-order valence-electron chi connectivity index (χ4n) is 2.00. The zero-order valence-electron chi connectivity index (χ0n) is 11.1. The van der Waals surface area contributed by atoms with Crippen LogP contribution in [0.15, 0.2) is 30.3 Å². The van der Waals surface area contributed by atoms with Crippen LogP contribution < -0.4 is 0 Å². The number of nitrogens with zero attached hydrogens (tertiary/aromatic N) is 2. The number of amides is 2. The van der Waals surface area contributed by atoms with Gasteiger partial charge in [-0.05, 0) is 18.6 Å². The Hall–Kier alpha value is -2.10. The van der Waals surface area contributed by atoms with Crippen LogP contribution in [0.5, 0.6) is 0 Å². The lowest BCUT2D eigenvalue weighted by Crippen LogP contribution is -2.47. The Balaban J connectivity index is 1.90. The molecule has 1 heterocycles. The van der Waals surface area contributed by atoms with Crippen molar-refractivity contribution < 1.29 is 9.59 Å². The highest BCUT2D eigenvalue weighted by Gasteiger charge is 2.17. The van der Waals surface area contributed by atoms with Gasteiger partial charge in [-0.1, -0.05) is 29.8 Å². The van der Waals surface area contributed by atoms with Crippen molar-refractivity contribution in [1.29, 1.82) is 0 Å². The molecule has 1 aliphatic heterocycles. The molecule has 0 N–H and O–H groups in total. The number of hydrogen-bond donors (Lipinski definition) is 0. The van der Waals surface area contributed by atoms with Crippen LogP contribution in [0.1, 0.15) is 11.1 Å². The summed E-state index contributed by atoms with van der Waals surface area (Å²) in [6.45, 7) is 4.48. The molecule has 19 heavy (non-hydrogen) atoms. The first kappa shape index (κ1) is 13.3. The minimum atomic E-state index is 0.00567. The molecule has 4 nitrogen and oxygen atoms in total. The van der Waals surface area contributed by atoms with Gasteiger partial charge in [-0.15, -0.1) is 0 Å². The molecule has 100 valence electrons. The van der Waals surface area contributed by atoms with Crippen molar-refractivity contribution in [2.24, 2.45) is 0 Å². The van der Waals surface area contributed by atoms with Gasteiger partial charge < -0.3 is 9.80 Å². The standard InChI is InChI=1S/C15H18N2O2/c1-13-2-4-14(5-3-13)6-7-15(19)17-10-8-16(12-18)9-11-17/h2-7,12H,8-11H2,1H3/b7-6+. The lowest BCUT2D eigenvalue weighted by molar-refractivity contribution is -0.130. The van der Waals surface area contributed by atoms with Gasteiger partial charge >= 0.3 is 0 Å². The highest BCUT2D eigenvalue weighted by molar-refractivity contribution is 5.91. The summed E-state index contributed by atoms with van der Waals surface area (Å²) in [5, 5.41) is 0. The Labute approximate surface area is 113 Å². The minimum Gasteiger partial charge on any atom is -0.342 e. The lowest BCUT2D eigenvalue weighted by Gasteiger charge is -2.31. The maximum Gasteiger partial charge on any atom is 0.246 e. The van der Waals surface area contributed by atoms with Gasteiger partial charge in [0.25, 0.3) is 0 Å². The van der Waals surface area contributed by atoms with E-state index in [2.05, 4.69) is 0 Å². The molecular formula is C15H18N2O2. The molecule has 1 fully saturated rings. The van der Waals surface area contributed by atoms with E-state index in [1.165, 1.54) is 5.56 Å². The fourth-order valence-corrected chi connectivity index (χ4v) is 2.00. The molecule has 1 saturated heterocycles. The van der Waals surface area contributed by atoms with Gasteiger partial charge in [-0.2, -0.15) is 0 Å². The number of piperazine rings is 1. The van der Waals surface area contributed by atoms with Gasteiger partial charge in [0.05, 0.1) is 0 Å². The third-order valence-corrected chi connectivity index (χ3v) is 3.27. The molecule has 0 aliphatic carbocycles. The summed E-state index contributed by atoms with van der Waals surface area (Å²) in [4.78, 5) is 26.0. The van der Waals surface area contributed by atoms with Gasteiger partial charge in [-0.3, -0.25) is 9.59 Å². The molecule has 1 aromatic carbocycles. The van der Waals surface area contributed by atoms with E-state index in [0.717, 1.165) is 12.0 Å². The van der Waals surface area contributed by atoms with Crippen LogP contribution in [0.25, 0.3) is 6.08 Å². The highest BCUT2D eigenvalue weighted by Crippen LogP contribution is 2.06. The van der Waals surface area contributed by atoms with Gasteiger partial charge in [0.15, 0.2) is 0 Å². The van der Waals surface area contributed by atoms with Crippen LogP contribution in [0.3, 0.4) is 0 Å². The summed E-state index contributed by atoms with van der Waals surface area (Å²) in [6, 6.07) is 8.02. The van der Waals surface area contributed by atoms with Gasteiger partial charge in [0.2, 0.25) is 12.3 Å². The predicted molar refractivity (Wildman–Crippen MR) is 74.4 cm³/mol. The molecule has 2 rings (SSSR count). The molecule has 0 unspecified atom stereocenters. The first-order valence-corrected chi connectivity index (χ1v) is 6.42. The van der Waals surface area contributed by atoms with Gasteiger partial charge in [-0.25, -0.2) is 0 Å². The maximum absolute atomic E-state index is 12.0. The SMILES string of the molecule is Cc1ccc(/C=C/C(=O)N2CCN(C=O)CC2)cc1. The molecule has 2 amide bonds. The smallest absolute Gasteiger partial charge is 0.246 e. The van der Waals surface area contributed by atoms with E-state index in [4.69, 9.17) is 0 Å². The number of benzene rings is 1. The topological polar surface area (TPSA) is 40.6 Å². The van der Waals surface area contributed by atoms with Crippen molar-refractivity contribution in [3.63, 3.8) is 0 Å². The van der Waals surface area contributed by atoms with Crippen LogP contribution in [0.2, 0.25) is 0 Å². The summed E-state index contributed by atoms with van der Waals surface area (Å²) in [6.07, 6.45) is 4.26. The molecule has 0 saturated carbocycles. The number of aryl methyl sites for hydroxylation is 1. The fraction of sp³-hybridized carbons (Fsp3) is 0.333. The number of rotatable bonds is 3. The molecule has 4 heteroatoms. The predicted octanol–water partition coefficient (Wildman–Crippen LogP) is 1.31. The average Bonchev–Trinajstić information content (AvgIpc) is 2.46. The Morgan fingerprint density at radius 3 is 2.32 bits per heavy atom. The van der Waals surface area contributed by atoms with Crippen molar-refractivity contribution in [3.8, 4) is 0 Å². The minimum absolute atomic E-state index is 0.00567. The Morgan fingerprint density at radius 1 is 1.11 bits per heavy atom. The van der Waals surface area contributed by atoms with Crippen LogP contribution in [-0.4, -0.2) is 48.3 Å². The Morgan fingerprint density at radius 2 is 1.74 bits per heavy atom. The highest BCUT2D eigenvalue weighted by atomic mass is 16.2. The monoisotopic (exact) mass is 258 g/mol. The molecule has 1 aromatic rings. The quantitative estimate of drug-likeness (QED) is 0.606. The number of carbonyl (C=O) groups is 2. The van der Waals surface area contributed by atoms with E-state index in [-0.39, 0.29) is 5.91 Å². The van der Waals surface area contributed by atoms with E-state index >= 15 is 0 Å². The zero-order chi connectivity index (χ0) is 13.7. The third-order valence-electron chi connectivity index (χ3n) is 3.27. The van der Waals surface area contributed by atoms with E-state index in [9.17, 15) is 9.59 Å². The van der Waals surface area contributed by atoms with Crippen LogP contribution >= 0.6 is 0 Å². The summed E-state index contributed by atoms with van der Waals surface area (Å²) < 4.78 is 0. The molecule has 1 aliphatic rings. The molecule has 0 atom stereocenters. The molecule has 0 bridgehead atoms. The first-order chi connectivity index (χ1) is 9.19. The van der Waals surface area contributed by atoms with Crippen molar-refractivity contribution in [2.75, 3.05) is 26.2 Å². The van der Waals surface area contributed by atoms with Crippen LogP contribution in [0, 0.1) is 6.92 Å². The molecular weight excluding hydrogens is 240 g/mol. The molecule has 0 spiro atoms. The number of carbonyl (C=O) groups excluding carboxylic acids is 2. The first-order valence-electron chi connectivity index (χ1n) is 6.42. The lowest BCUT2D eigenvalue weighted by atomic mass is 10.1. The van der Waals surface area contributed by atoms with E-state index in [0.29, 0.717) is 26.2 Å². The number of hydrogen-bond acceptors (Lipinski definition) is 2. The summed E-state index contributed by atoms with van der Waals surface area (Å²) in [5.74, 6) is 0.00567. The summed E-state index contributed by atoms with van der Waals surface area (Å²) >= 11 is 0.